The minimum atomic E-state index is -0.110. The SMILES string of the molecule is CC1(C)c2ccccc2-c2cc3c(cc21)oc1cccc(N(C2=CCC(c4cc(-c5ccccc5)ccc4-c4ccccc4)C=C2)c2cccc(-c4ccccc4)c2)c13. The Morgan fingerprint density at radius 3 is 1.90 bits per heavy atom. The molecular weight excluding hydrogens is 715 g/mol. The van der Waals surface area contributed by atoms with Gasteiger partial charge in [-0.15, -0.1) is 0 Å². The van der Waals surface area contributed by atoms with E-state index >= 15 is 0 Å². The van der Waals surface area contributed by atoms with E-state index in [4.69, 9.17) is 4.42 Å². The maximum Gasteiger partial charge on any atom is 0.137 e. The highest BCUT2D eigenvalue weighted by Gasteiger charge is 2.36. The van der Waals surface area contributed by atoms with Gasteiger partial charge in [0.25, 0.3) is 0 Å². The van der Waals surface area contributed by atoms with E-state index in [1.54, 1.807) is 0 Å². The van der Waals surface area contributed by atoms with Crippen LogP contribution in [0.15, 0.2) is 216 Å². The van der Waals surface area contributed by atoms with Crippen molar-refractivity contribution in [1.82, 2.24) is 0 Å². The highest BCUT2D eigenvalue weighted by atomic mass is 16.3. The van der Waals surface area contributed by atoms with Crippen LogP contribution < -0.4 is 4.90 Å². The lowest BCUT2D eigenvalue weighted by Crippen LogP contribution is -2.18. The third-order valence-electron chi connectivity index (χ3n) is 12.6. The molecule has 1 aromatic heterocycles. The Kier molecular flexibility index (Phi) is 8.34. The Bertz CT molecular complexity index is 3100. The monoisotopic (exact) mass is 757 g/mol. The highest BCUT2D eigenvalue weighted by Crippen LogP contribution is 2.52. The summed E-state index contributed by atoms with van der Waals surface area (Å²) in [4.78, 5) is 2.44. The zero-order chi connectivity index (χ0) is 39.5. The first kappa shape index (κ1) is 35.0. The van der Waals surface area contributed by atoms with Crippen LogP contribution in [0, 0.1) is 0 Å². The zero-order valence-corrected chi connectivity index (χ0v) is 33.3. The molecule has 1 heterocycles. The normalized spacial score (nSPS) is 15.2. The number of rotatable bonds is 7. The molecule has 2 nitrogen and oxygen atoms in total. The van der Waals surface area contributed by atoms with Crippen LogP contribution in [0.1, 0.15) is 42.9 Å². The first-order chi connectivity index (χ1) is 29.0. The molecule has 8 aromatic carbocycles. The van der Waals surface area contributed by atoms with Gasteiger partial charge in [0.15, 0.2) is 0 Å². The van der Waals surface area contributed by atoms with E-state index < -0.39 is 0 Å². The van der Waals surface area contributed by atoms with Crippen molar-refractivity contribution in [2.45, 2.75) is 31.6 Å². The van der Waals surface area contributed by atoms with E-state index in [-0.39, 0.29) is 11.3 Å². The maximum absolute atomic E-state index is 6.79. The molecule has 0 saturated heterocycles. The number of nitrogens with zero attached hydrogens (tertiary/aromatic N) is 1. The van der Waals surface area contributed by atoms with Crippen LogP contribution in [-0.4, -0.2) is 0 Å². The molecular formula is C57H43NO. The smallest absolute Gasteiger partial charge is 0.137 e. The van der Waals surface area contributed by atoms with Crippen molar-refractivity contribution in [3.05, 3.63) is 229 Å². The van der Waals surface area contributed by atoms with Gasteiger partial charge >= 0.3 is 0 Å². The van der Waals surface area contributed by atoms with Gasteiger partial charge in [-0.25, -0.2) is 0 Å². The Labute approximate surface area is 346 Å². The summed E-state index contributed by atoms with van der Waals surface area (Å²) in [7, 11) is 0. The topological polar surface area (TPSA) is 16.4 Å². The van der Waals surface area contributed by atoms with Gasteiger partial charge in [-0.1, -0.05) is 172 Å². The van der Waals surface area contributed by atoms with Gasteiger partial charge in [-0.3, -0.25) is 0 Å². The average Bonchev–Trinajstić information content (AvgIpc) is 3.78. The molecule has 2 aliphatic carbocycles. The minimum absolute atomic E-state index is 0.110. The minimum Gasteiger partial charge on any atom is -0.456 e. The predicted molar refractivity (Wildman–Crippen MR) is 247 cm³/mol. The summed E-state index contributed by atoms with van der Waals surface area (Å²) < 4.78 is 6.79. The third kappa shape index (κ3) is 5.94. The van der Waals surface area contributed by atoms with Crippen LogP contribution in [0.5, 0.6) is 0 Å². The Hall–Kier alpha value is -7.16. The van der Waals surface area contributed by atoms with Crippen molar-refractivity contribution in [1.29, 1.82) is 0 Å². The van der Waals surface area contributed by atoms with Gasteiger partial charge in [0.1, 0.15) is 11.2 Å². The molecule has 9 aromatic rings. The average molecular weight is 758 g/mol. The van der Waals surface area contributed by atoms with Crippen molar-refractivity contribution in [3.8, 4) is 44.5 Å². The van der Waals surface area contributed by atoms with Crippen LogP contribution in [0.4, 0.5) is 11.4 Å². The first-order valence-electron chi connectivity index (χ1n) is 20.7. The summed E-state index contributed by atoms with van der Waals surface area (Å²) in [5, 5.41) is 2.26. The number of fused-ring (bicyclic) bond motifs is 6. The van der Waals surface area contributed by atoms with Gasteiger partial charge in [0.05, 0.1) is 11.1 Å². The summed E-state index contributed by atoms with van der Waals surface area (Å²) in [6, 6.07) is 68.2. The standard InChI is InChI=1S/C57H43NO/c1-57(2)51-25-13-12-24-47(51)49-36-50-55(37-52(49)57)59-54-27-15-26-53(56(50)54)58(45-23-14-22-42(34-45)38-16-6-3-7-17-38)44-31-28-41(29-32-44)48-35-43(39-18-8-4-9-19-39)30-33-46(48)40-20-10-5-11-21-40/h3-28,30-37,41H,29H2,1-2H3. The molecule has 0 N–H and O–H groups in total. The van der Waals surface area contributed by atoms with Crippen molar-refractivity contribution in [3.63, 3.8) is 0 Å². The first-order valence-corrected chi connectivity index (χ1v) is 20.7. The predicted octanol–water partition coefficient (Wildman–Crippen LogP) is 15.7. The Morgan fingerprint density at radius 1 is 0.508 bits per heavy atom. The van der Waals surface area contributed by atoms with E-state index in [9.17, 15) is 0 Å². The van der Waals surface area contributed by atoms with E-state index in [0.29, 0.717) is 0 Å². The van der Waals surface area contributed by atoms with Crippen LogP contribution in [0.2, 0.25) is 0 Å². The largest absolute Gasteiger partial charge is 0.456 e. The Morgan fingerprint density at radius 2 is 1.17 bits per heavy atom. The maximum atomic E-state index is 6.79. The summed E-state index contributed by atoms with van der Waals surface area (Å²) in [5.41, 5.74) is 19.0. The van der Waals surface area contributed by atoms with Crippen LogP contribution >= 0.6 is 0 Å². The molecule has 2 aliphatic rings. The Balaban J connectivity index is 1.07. The van der Waals surface area contributed by atoms with Crippen LogP contribution in [-0.2, 0) is 5.41 Å². The number of allylic oxidation sites excluding steroid dienone is 3. The lowest BCUT2D eigenvalue weighted by atomic mass is 9.82. The van der Waals surface area contributed by atoms with Gasteiger partial charge in [-0.05, 0) is 116 Å². The fourth-order valence-corrected chi connectivity index (χ4v) is 9.64. The van der Waals surface area contributed by atoms with Gasteiger partial charge < -0.3 is 9.32 Å². The molecule has 0 radical (unpaired) electrons. The van der Waals surface area contributed by atoms with Gasteiger partial charge in [0, 0.05) is 28.1 Å². The van der Waals surface area contributed by atoms with Crippen LogP contribution in [0.3, 0.4) is 0 Å². The second-order valence-electron chi connectivity index (χ2n) is 16.4. The third-order valence-corrected chi connectivity index (χ3v) is 12.6. The molecule has 2 heteroatoms. The molecule has 1 atom stereocenters. The fraction of sp³-hybridized carbons (Fsp3) is 0.0877. The van der Waals surface area contributed by atoms with Gasteiger partial charge in [0.2, 0.25) is 0 Å². The number of furan rings is 1. The fourth-order valence-electron chi connectivity index (χ4n) is 9.64. The number of anilines is 2. The van der Waals surface area contributed by atoms with E-state index in [1.807, 2.05) is 0 Å². The molecule has 11 rings (SSSR count). The molecule has 1 unspecified atom stereocenters. The highest BCUT2D eigenvalue weighted by molar-refractivity contribution is 6.14. The molecule has 0 aliphatic heterocycles. The second kappa shape index (κ2) is 14.0. The molecule has 0 spiro atoms. The molecule has 0 fully saturated rings. The van der Waals surface area contributed by atoms with Crippen molar-refractivity contribution in [2.24, 2.45) is 0 Å². The second-order valence-corrected chi connectivity index (χ2v) is 16.4. The molecule has 0 saturated carbocycles. The summed E-state index contributed by atoms with van der Waals surface area (Å²) in [6.45, 7) is 4.66. The number of hydrogen-bond donors (Lipinski definition) is 0. The molecule has 0 bridgehead atoms. The summed E-state index contributed by atoms with van der Waals surface area (Å²) in [6.07, 6.45) is 8.05. The molecule has 59 heavy (non-hydrogen) atoms. The van der Waals surface area contributed by atoms with Crippen molar-refractivity contribution < 1.29 is 4.42 Å². The lowest BCUT2D eigenvalue weighted by Gasteiger charge is -2.30. The van der Waals surface area contributed by atoms with Crippen molar-refractivity contribution >= 4 is 33.3 Å². The number of hydrogen-bond acceptors (Lipinski definition) is 2. The molecule has 282 valence electrons. The zero-order valence-electron chi connectivity index (χ0n) is 33.3. The van der Waals surface area contributed by atoms with E-state index in [2.05, 4.69) is 225 Å². The van der Waals surface area contributed by atoms with E-state index in [1.165, 1.54) is 61.2 Å². The quantitative estimate of drug-likeness (QED) is 0.161. The van der Waals surface area contributed by atoms with Gasteiger partial charge in [-0.2, -0.15) is 0 Å². The number of benzene rings is 8. The lowest BCUT2D eigenvalue weighted by molar-refractivity contribution is 0.647. The molecule has 0 amide bonds. The van der Waals surface area contributed by atoms with Crippen LogP contribution in [0.25, 0.3) is 66.4 Å². The summed E-state index contributed by atoms with van der Waals surface area (Å²) in [5.74, 6) is 0.201. The van der Waals surface area contributed by atoms with E-state index in [0.717, 1.165) is 45.4 Å². The van der Waals surface area contributed by atoms with Crippen molar-refractivity contribution in [2.75, 3.05) is 4.90 Å². The summed E-state index contributed by atoms with van der Waals surface area (Å²) >= 11 is 0.